The summed E-state index contributed by atoms with van der Waals surface area (Å²) in [5.41, 5.74) is 0.0803. The first-order valence-electron chi connectivity index (χ1n) is 4.93. The first-order valence-corrected chi connectivity index (χ1v) is 5.31. The van der Waals surface area contributed by atoms with Gasteiger partial charge in [0, 0.05) is 19.1 Å². The van der Waals surface area contributed by atoms with Gasteiger partial charge in [-0.25, -0.2) is 0 Å². The second kappa shape index (κ2) is 4.18. The summed E-state index contributed by atoms with van der Waals surface area (Å²) in [6.45, 7) is 0. The third kappa shape index (κ3) is 1.89. The van der Waals surface area contributed by atoms with E-state index in [2.05, 4.69) is 10.4 Å². The van der Waals surface area contributed by atoms with Gasteiger partial charge in [-0.1, -0.05) is 11.6 Å². The number of carbonyl (C=O) groups is 1. The zero-order valence-corrected chi connectivity index (χ0v) is 10.1. The van der Waals surface area contributed by atoms with Gasteiger partial charge in [0.2, 0.25) is 5.43 Å². The molecule has 1 aromatic carbocycles. The molecular formula is C11H10ClN3O2. The minimum atomic E-state index is -0.507. The summed E-state index contributed by atoms with van der Waals surface area (Å²) in [6, 6.07) is 4.90. The van der Waals surface area contributed by atoms with E-state index in [0.717, 1.165) is 0 Å². The smallest absolute Gasteiger partial charge is 0.275 e. The van der Waals surface area contributed by atoms with Crippen molar-refractivity contribution in [3.63, 3.8) is 0 Å². The number of carbonyl (C=O) groups excluding carboxylic acids is 1. The standard InChI is InChI=1S/C11H10ClN3O2/c1-13-11(17)9-10(16)7-5-6(12)3-4-8(7)15(2)14-9/h3-5H,1-2H3,(H,13,17). The average molecular weight is 252 g/mol. The topological polar surface area (TPSA) is 64.0 Å². The van der Waals surface area contributed by atoms with Crippen molar-refractivity contribution >= 4 is 28.4 Å². The van der Waals surface area contributed by atoms with E-state index in [9.17, 15) is 9.59 Å². The zero-order chi connectivity index (χ0) is 12.6. The Morgan fingerprint density at radius 1 is 1.47 bits per heavy atom. The number of benzene rings is 1. The molecule has 0 saturated carbocycles. The van der Waals surface area contributed by atoms with Crippen molar-refractivity contribution in [2.75, 3.05) is 7.05 Å². The molecule has 1 heterocycles. The highest BCUT2D eigenvalue weighted by Crippen LogP contribution is 2.15. The second-order valence-corrected chi connectivity index (χ2v) is 3.98. The molecule has 88 valence electrons. The number of aryl methyl sites for hydroxylation is 1. The lowest BCUT2D eigenvalue weighted by Crippen LogP contribution is -2.29. The highest BCUT2D eigenvalue weighted by molar-refractivity contribution is 6.31. The van der Waals surface area contributed by atoms with Crippen molar-refractivity contribution in [2.45, 2.75) is 0 Å². The van der Waals surface area contributed by atoms with Crippen molar-refractivity contribution in [1.29, 1.82) is 0 Å². The van der Waals surface area contributed by atoms with E-state index in [-0.39, 0.29) is 5.69 Å². The van der Waals surface area contributed by atoms with Crippen LogP contribution in [-0.4, -0.2) is 22.7 Å². The Labute approximate surface area is 102 Å². The van der Waals surface area contributed by atoms with Crippen LogP contribution < -0.4 is 10.7 Å². The number of aromatic nitrogens is 2. The van der Waals surface area contributed by atoms with Crippen LogP contribution in [0.25, 0.3) is 10.9 Å². The molecule has 0 atom stereocenters. The van der Waals surface area contributed by atoms with Crippen LogP contribution >= 0.6 is 11.6 Å². The molecule has 0 unspecified atom stereocenters. The normalized spacial score (nSPS) is 10.5. The highest BCUT2D eigenvalue weighted by atomic mass is 35.5. The van der Waals surface area contributed by atoms with Gasteiger partial charge in [0.05, 0.1) is 10.9 Å². The summed E-state index contributed by atoms with van der Waals surface area (Å²) in [7, 11) is 3.12. The minimum Gasteiger partial charge on any atom is -0.354 e. The number of nitrogens with one attached hydrogen (secondary N) is 1. The summed E-state index contributed by atoms with van der Waals surface area (Å²) in [5.74, 6) is -0.507. The predicted octanol–water partition coefficient (Wildman–Crippen LogP) is 0.946. The number of amides is 1. The van der Waals surface area contributed by atoms with Gasteiger partial charge in [0.25, 0.3) is 5.91 Å². The van der Waals surface area contributed by atoms with E-state index in [1.807, 2.05) is 0 Å². The van der Waals surface area contributed by atoms with E-state index in [0.29, 0.717) is 15.9 Å². The Morgan fingerprint density at radius 3 is 2.82 bits per heavy atom. The van der Waals surface area contributed by atoms with Crippen LogP contribution in [-0.2, 0) is 7.05 Å². The molecule has 0 bridgehead atoms. The lowest BCUT2D eigenvalue weighted by Gasteiger charge is -2.06. The van der Waals surface area contributed by atoms with Crippen LogP contribution in [0.15, 0.2) is 23.0 Å². The van der Waals surface area contributed by atoms with Crippen LogP contribution in [0.5, 0.6) is 0 Å². The molecule has 0 aliphatic carbocycles. The van der Waals surface area contributed by atoms with Crippen LogP contribution in [0.2, 0.25) is 5.02 Å². The molecule has 2 rings (SSSR count). The van der Waals surface area contributed by atoms with Crippen molar-refractivity contribution in [3.8, 4) is 0 Å². The lowest BCUT2D eigenvalue weighted by atomic mass is 10.2. The van der Waals surface area contributed by atoms with Gasteiger partial charge in [0.1, 0.15) is 0 Å². The first-order chi connectivity index (χ1) is 8.04. The monoisotopic (exact) mass is 251 g/mol. The molecule has 1 aromatic heterocycles. The van der Waals surface area contributed by atoms with Gasteiger partial charge in [-0.3, -0.25) is 14.3 Å². The maximum absolute atomic E-state index is 12.0. The summed E-state index contributed by atoms with van der Waals surface area (Å²) in [5, 5.41) is 7.16. The van der Waals surface area contributed by atoms with Crippen LogP contribution in [0.1, 0.15) is 10.5 Å². The van der Waals surface area contributed by atoms with E-state index in [4.69, 9.17) is 11.6 Å². The second-order valence-electron chi connectivity index (χ2n) is 3.54. The van der Waals surface area contributed by atoms with Crippen molar-refractivity contribution < 1.29 is 4.79 Å². The summed E-state index contributed by atoms with van der Waals surface area (Å²) in [4.78, 5) is 23.5. The summed E-state index contributed by atoms with van der Waals surface area (Å²) < 4.78 is 1.48. The number of nitrogens with zero attached hydrogens (tertiary/aromatic N) is 2. The Bertz CT molecular complexity index is 664. The third-order valence-electron chi connectivity index (χ3n) is 2.46. The van der Waals surface area contributed by atoms with E-state index < -0.39 is 11.3 Å². The highest BCUT2D eigenvalue weighted by Gasteiger charge is 2.15. The van der Waals surface area contributed by atoms with E-state index >= 15 is 0 Å². The van der Waals surface area contributed by atoms with Gasteiger partial charge < -0.3 is 5.32 Å². The Balaban J connectivity index is 2.88. The lowest BCUT2D eigenvalue weighted by molar-refractivity contribution is 0.0955. The molecule has 0 aliphatic heterocycles. The molecule has 0 aliphatic rings. The van der Waals surface area contributed by atoms with Gasteiger partial charge in [-0.05, 0) is 18.2 Å². The Hall–Kier alpha value is -1.88. The van der Waals surface area contributed by atoms with E-state index in [1.54, 1.807) is 19.2 Å². The molecule has 0 radical (unpaired) electrons. The quantitative estimate of drug-likeness (QED) is 0.821. The third-order valence-corrected chi connectivity index (χ3v) is 2.69. The fourth-order valence-corrected chi connectivity index (χ4v) is 1.79. The fraction of sp³-hybridized carbons (Fsp3) is 0.182. The van der Waals surface area contributed by atoms with Crippen molar-refractivity contribution in [3.05, 3.63) is 39.1 Å². The Kier molecular flexibility index (Phi) is 2.85. The SMILES string of the molecule is CNC(=O)c1nn(C)c2ccc(Cl)cc2c1=O. The maximum atomic E-state index is 12.0. The summed E-state index contributed by atoms with van der Waals surface area (Å²) >= 11 is 5.84. The number of hydrogen-bond acceptors (Lipinski definition) is 3. The summed E-state index contributed by atoms with van der Waals surface area (Å²) in [6.07, 6.45) is 0. The van der Waals surface area contributed by atoms with Gasteiger partial charge in [0.15, 0.2) is 5.69 Å². The predicted molar refractivity (Wildman–Crippen MR) is 65.4 cm³/mol. The molecule has 1 N–H and O–H groups in total. The van der Waals surface area contributed by atoms with Crippen LogP contribution in [0.4, 0.5) is 0 Å². The van der Waals surface area contributed by atoms with Crippen molar-refractivity contribution in [2.24, 2.45) is 7.05 Å². The number of halogens is 1. The first kappa shape index (κ1) is 11.6. The Morgan fingerprint density at radius 2 is 2.18 bits per heavy atom. The van der Waals surface area contributed by atoms with Crippen molar-refractivity contribution in [1.82, 2.24) is 15.1 Å². The molecule has 6 heteroatoms. The molecule has 0 spiro atoms. The number of rotatable bonds is 1. The number of fused-ring (bicyclic) bond motifs is 1. The maximum Gasteiger partial charge on any atom is 0.275 e. The number of hydrogen-bond donors (Lipinski definition) is 1. The largest absolute Gasteiger partial charge is 0.354 e. The fourth-order valence-electron chi connectivity index (χ4n) is 1.62. The van der Waals surface area contributed by atoms with Crippen LogP contribution in [0, 0.1) is 0 Å². The van der Waals surface area contributed by atoms with Gasteiger partial charge >= 0.3 is 0 Å². The molecule has 5 nitrogen and oxygen atoms in total. The molecular weight excluding hydrogens is 242 g/mol. The zero-order valence-electron chi connectivity index (χ0n) is 9.32. The molecule has 2 aromatic rings. The average Bonchev–Trinajstić information content (AvgIpc) is 2.32. The molecule has 0 fully saturated rings. The molecule has 17 heavy (non-hydrogen) atoms. The molecule has 1 amide bonds. The minimum absolute atomic E-state index is 0.134. The van der Waals surface area contributed by atoms with Gasteiger partial charge in [-0.2, -0.15) is 5.10 Å². The van der Waals surface area contributed by atoms with E-state index in [1.165, 1.54) is 17.8 Å². The molecule has 0 saturated heterocycles. The van der Waals surface area contributed by atoms with Gasteiger partial charge in [-0.15, -0.1) is 0 Å². The van der Waals surface area contributed by atoms with Crippen LogP contribution in [0.3, 0.4) is 0 Å².